The van der Waals surface area contributed by atoms with Gasteiger partial charge in [-0.15, -0.1) is 0 Å². The third kappa shape index (κ3) is 2.89. The van der Waals surface area contributed by atoms with E-state index in [0.717, 1.165) is 5.56 Å². The lowest BCUT2D eigenvalue weighted by Gasteiger charge is -2.06. The first-order valence-corrected chi connectivity index (χ1v) is 6.72. The molecule has 2 aromatic rings. The Labute approximate surface area is 126 Å². The van der Waals surface area contributed by atoms with E-state index in [1.165, 1.54) is 0 Å². The van der Waals surface area contributed by atoms with Crippen LogP contribution in [0.15, 0.2) is 18.2 Å². The minimum Gasteiger partial charge on any atom is -0.461 e. The third-order valence-corrected chi connectivity index (χ3v) is 3.48. The van der Waals surface area contributed by atoms with Crippen molar-refractivity contribution < 1.29 is 9.53 Å². The number of carbonyl (C=O) groups is 1. The summed E-state index contributed by atoms with van der Waals surface area (Å²) in [5, 5.41) is 7.67. The summed E-state index contributed by atoms with van der Waals surface area (Å²) in [7, 11) is 0. The van der Waals surface area contributed by atoms with E-state index in [-0.39, 0.29) is 18.0 Å². The number of carbonyl (C=O) groups excluding carboxylic acids is 1. The van der Waals surface area contributed by atoms with Crippen LogP contribution in [0.25, 0.3) is 0 Å². The van der Waals surface area contributed by atoms with Gasteiger partial charge in [0, 0.05) is 16.5 Å². The topological polar surface area (TPSA) is 81.0 Å². The first kappa shape index (κ1) is 14.7. The molecule has 20 heavy (non-hydrogen) atoms. The molecule has 0 amide bonds. The van der Waals surface area contributed by atoms with Crippen molar-refractivity contribution in [2.75, 3.05) is 12.3 Å². The van der Waals surface area contributed by atoms with Gasteiger partial charge in [0.2, 0.25) is 0 Å². The van der Waals surface area contributed by atoms with E-state index >= 15 is 0 Å². The van der Waals surface area contributed by atoms with Crippen LogP contribution in [-0.2, 0) is 11.2 Å². The van der Waals surface area contributed by atoms with Crippen LogP contribution < -0.4 is 5.73 Å². The Morgan fingerprint density at radius 1 is 1.40 bits per heavy atom. The minimum absolute atomic E-state index is 0.0741. The van der Waals surface area contributed by atoms with Crippen molar-refractivity contribution in [2.24, 2.45) is 0 Å². The predicted molar refractivity (Wildman–Crippen MR) is 78.2 cm³/mol. The van der Waals surface area contributed by atoms with Gasteiger partial charge in [-0.05, 0) is 24.6 Å². The van der Waals surface area contributed by atoms with Gasteiger partial charge in [-0.25, -0.2) is 4.79 Å². The Kier molecular flexibility index (Phi) is 4.52. The molecule has 1 heterocycles. The van der Waals surface area contributed by atoms with Crippen LogP contribution in [0.5, 0.6) is 0 Å². The Morgan fingerprint density at radius 2 is 2.05 bits per heavy atom. The molecule has 1 aromatic heterocycles. The number of esters is 1. The monoisotopic (exact) mass is 313 g/mol. The Hall–Kier alpha value is -1.72. The highest BCUT2D eigenvalue weighted by Gasteiger charge is 2.19. The van der Waals surface area contributed by atoms with Crippen molar-refractivity contribution in [1.29, 1.82) is 0 Å². The summed E-state index contributed by atoms with van der Waals surface area (Å²) in [6.45, 7) is 1.97. The summed E-state index contributed by atoms with van der Waals surface area (Å²) in [6, 6.07) is 5.23. The number of hydrogen-bond donors (Lipinski definition) is 2. The molecule has 5 nitrogen and oxygen atoms in total. The molecule has 0 bridgehead atoms. The molecule has 1 aromatic carbocycles. The zero-order valence-electron chi connectivity index (χ0n) is 10.7. The van der Waals surface area contributed by atoms with Gasteiger partial charge >= 0.3 is 5.97 Å². The van der Waals surface area contributed by atoms with Crippen LogP contribution in [-0.4, -0.2) is 22.8 Å². The highest BCUT2D eigenvalue weighted by atomic mass is 35.5. The average Bonchev–Trinajstić information content (AvgIpc) is 2.76. The smallest absolute Gasteiger partial charge is 0.361 e. The number of aromatic amines is 1. The second kappa shape index (κ2) is 6.15. The molecule has 3 N–H and O–H groups in total. The fourth-order valence-electron chi connectivity index (χ4n) is 1.75. The molecule has 106 valence electrons. The number of aromatic nitrogens is 2. The molecule has 0 atom stereocenters. The number of nitrogen functional groups attached to an aromatic ring is 1. The minimum atomic E-state index is -0.558. The van der Waals surface area contributed by atoms with Gasteiger partial charge in [0.25, 0.3) is 0 Å². The van der Waals surface area contributed by atoms with Crippen LogP contribution in [0.1, 0.15) is 28.7 Å². The zero-order valence-corrected chi connectivity index (χ0v) is 12.3. The second-order valence-corrected chi connectivity index (χ2v) is 4.88. The quantitative estimate of drug-likeness (QED) is 0.850. The lowest BCUT2D eigenvalue weighted by Crippen LogP contribution is -2.08. The first-order chi connectivity index (χ1) is 9.54. The highest BCUT2D eigenvalue weighted by molar-refractivity contribution is 6.36. The van der Waals surface area contributed by atoms with Gasteiger partial charge in [0.15, 0.2) is 5.69 Å². The molecule has 0 aliphatic heterocycles. The SMILES string of the molecule is CCOC(=O)c1n[nH]c(Cc2c(Cl)cccc2Cl)c1N. The lowest BCUT2D eigenvalue weighted by molar-refractivity contribution is 0.0520. The van der Waals surface area contributed by atoms with Gasteiger partial charge in [0.05, 0.1) is 18.0 Å². The van der Waals surface area contributed by atoms with E-state index in [9.17, 15) is 4.79 Å². The van der Waals surface area contributed by atoms with E-state index in [1.807, 2.05) is 0 Å². The maximum Gasteiger partial charge on any atom is 0.361 e. The maximum absolute atomic E-state index is 11.6. The number of ether oxygens (including phenoxy) is 1. The van der Waals surface area contributed by atoms with Crippen molar-refractivity contribution in [1.82, 2.24) is 10.2 Å². The van der Waals surface area contributed by atoms with E-state index in [4.69, 9.17) is 33.7 Å². The first-order valence-electron chi connectivity index (χ1n) is 5.97. The van der Waals surface area contributed by atoms with Crippen molar-refractivity contribution in [3.8, 4) is 0 Å². The van der Waals surface area contributed by atoms with Crippen molar-refractivity contribution in [3.05, 3.63) is 45.2 Å². The van der Waals surface area contributed by atoms with Gasteiger partial charge < -0.3 is 10.5 Å². The number of H-pyrrole nitrogens is 1. The summed E-state index contributed by atoms with van der Waals surface area (Å²) in [5.41, 5.74) is 7.52. The van der Waals surface area contributed by atoms with Crippen molar-refractivity contribution >= 4 is 34.9 Å². The summed E-state index contributed by atoms with van der Waals surface area (Å²) in [5.74, 6) is -0.558. The Morgan fingerprint density at radius 3 is 2.65 bits per heavy atom. The summed E-state index contributed by atoms with van der Waals surface area (Å²) >= 11 is 12.2. The number of nitrogens with zero attached hydrogens (tertiary/aromatic N) is 1. The fraction of sp³-hybridized carbons (Fsp3) is 0.231. The van der Waals surface area contributed by atoms with Gasteiger partial charge in [-0.3, -0.25) is 5.10 Å². The van der Waals surface area contributed by atoms with E-state index < -0.39 is 5.97 Å². The fourth-order valence-corrected chi connectivity index (χ4v) is 2.29. The van der Waals surface area contributed by atoms with Gasteiger partial charge in [0.1, 0.15) is 0 Å². The summed E-state index contributed by atoms with van der Waals surface area (Å²) in [4.78, 5) is 11.6. The third-order valence-electron chi connectivity index (χ3n) is 2.77. The number of hydrogen-bond acceptors (Lipinski definition) is 4. The largest absolute Gasteiger partial charge is 0.461 e. The number of nitrogens with one attached hydrogen (secondary N) is 1. The molecule has 0 radical (unpaired) electrons. The molecule has 0 aliphatic carbocycles. The van der Waals surface area contributed by atoms with Crippen molar-refractivity contribution in [2.45, 2.75) is 13.3 Å². The summed E-state index contributed by atoms with van der Waals surface area (Å²) in [6.07, 6.45) is 0.358. The Balaban J connectivity index is 2.29. The van der Waals surface area contributed by atoms with E-state index in [2.05, 4.69) is 10.2 Å². The summed E-state index contributed by atoms with van der Waals surface area (Å²) < 4.78 is 4.87. The molecule has 0 unspecified atom stereocenters. The van der Waals surface area contributed by atoms with Crippen LogP contribution in [0.2, 0.25) is 10.0 Å². The number of nitrogens with two attached hydrogens (primary N) is 1. The van der Waals surface area contributed by atoms with Crippen LogP contribution >= 0.6 is 23.2 Å². The molecular formula is C13H13Cl2N3O2. The Bertz CT molecular complexity index is 620. The molecule has 7 heteroatoms. The predicted octanol–water partition coefficient (Wildman–Crippen LogP) is 3.07. The molecule has 0 saturated heterocycles. The number of benzene rings is 1. The normalized spacial score (nSPS) is 10.6. The van der Waals surface area contributed by atoms with Gasteiger partial charge in [-0.2, -0.15) is 5.10 Å². The molecular weight excluding hydrogens is 301 g/mol. The van der Waals surface area contributed by atoms with E-state index in [1.54, 1.807) is 25.1 Å². The lowest BCUT2D eigenvalue weighted by atomic mass is 10.1. The molecule has 0 fully saturated rings. The standard InChI is InChI=1S/C13H13Cl2N3O2/c1-2-20-13(19)12-11(16)10(17-18-12)6-7-8(14)4-3-5-9(7)15/h3-5H,2,6,16H2,1H3,(H,17,18). The molecule has 2 rings (SSSR count). The maximum atomic E-state index is 11.6. The van der Waals surface area contributed by atoms with Crippen molar-refractivity contribution in [3.63, 3.8) is 0 Å². The highest BCUT2D eigenvalue weighted by Crippen LogP contribution is 2.28. The number of rotatable bonds is 4. The average molecular weight is 314 g/mol. The van der Waals surface area contributed by atoms with Crippen LogP contribution in [0.4, 0.5) is 5.69 Å². The number of anilines is 1. The van der Waals surface area contributed by atoms with Crippen LogP contribution in [0, 0.1) is 0 Å². The second-order valence-electron chi connectivity index (χ2n) is 4.06. The zero-order chi connectivity index (χ0) is 14.7. The number of halogens is 2. The molecule has 0 saturated carbocycles. The van der Waals surface area contributed by atoms with E-state index in [0.29, 0.717) is 22.2 Å². The van der Waals surface area contributed by atoms with Crippen LogP contribution in [0.3, 0.4) is 0 Å². The van der Waals surface area contributed by atoms with Gasteiger partial charge in [-0.1, -0.05) is 29.3 Å². The molecule has 0 aliphatic rings. The molecule has 0 spiro atoms.